The van der Waals surface area contributed by atoms with Gasteiger partial charge in [-0.25, -0.2) is 0 Å². The van der Waals surface area contributed by atoms with Crippen LogP contribution in [0.1, 0.15) is 65.2 Å². The van der Waals surface area contributed by atoms with Crippen LogP contribution in [-0.2, 0) is 33.2 Å². The van der Waals surface area contributed by atoms with Crippen LogP contribution in [0.15, 0.2) is 60.8 Å². The second-order valence-corrected chi connectivity index (χ2v) is 12.3. The predicted octanol–water partition coefficient (Wildman–Crippen LogP) is 1.50. The largest absolute Gasteiger partial charge is 0.457 e. The Kier molecular flexibility index (Phi) is 23.3. The maximum atomic E-state index is 12.2. The fraction of sp³-hybridized carbons (Fsp3) is 0.703. The van der Waals surface area contributed by atoms with E-state index in [1.807, 2.05) is 19.1 Å². The zero-order valence-electron chi connectivity index (χ0n) is 29.8. The lowest BCUT2D eigenvalue weighted by Gasteiger charge is -2.42. The molecule has 2 aliphatic heterocycles. The van der Waals surface area contributed by atoms with Crippen LogP contribution in [0.3, 0.4) is 0 Å². The standard InChI is InChI=1S/C37H60O14/c1-3-5-6-7-8-9-10-11-12-13-14-15-16-17-18-19-21-46-23-26(49-29(39)20-4-2)24-47-36-35(45)33(43)31(41)28(51-36)25-48-37-34(44)32(42)30(40)27(22-38)50-37/h5-6,8-9,11-12,14-15,17-18,26-28,30-38,40-45H,3-4,7,10,13,16,19-25H2,1-2H3/b6-5-,9-8-,12-11-,15-14-,18-17-. The molecule has 2 fully saturated rings. The highest BCUT2D eigenvalue weighted by molar-refractivity contribution is 5.69. The van der Waals surface area contributed by atoms with E-state index in [9.17, 15) is 40.5 Å². The zero-order valence-corrected chi connectivity index (χ0v) is 29.8. The van der Waals surface area contributed by atoms with Crippen molar-refractivity contribution in [1.82, 2.24) is 0 Å². The van der Waals surface area contributed by atoms with Crippen molar-refractivity contribution in [1.29, 1.82) is 0 Å². The molecule has 7 N–H and O–H groups in total. The second-order valence-electron chi connectivity index (χ2n) is 12.3. The number of ether oxygens (including phenoxy) is 6. The molecule has 292 valence electrons. The zero-order chi connectivity index (χ0) is 37.4. The Labute approximate surface area is 301 Å². The number of aliphatic hydroxyl groups is 7. The fourth-order valence-corrected chi connectivity index (χ4v) is 5.09. The molecule has 0 spiro atoms. The lowest BCUT2D eigenvalue weighted by Crippen LogP contribution is -2.61. The van der Waals surface area contributed by atoms with Crippen molar-refractivity contribution in [3.8, 4) is 0 Å². The number of hydrogen-bond donors (Lipinski definition) is 7. The van der Waals surface area contributed by atoms with Gasteiger partial charge in [-0.05, 0) is 44.9 Å². The third-order valence-electron chi connectivity index (χ3n) is 8.03. The summed E-state index contributed by atoms with van der Waals surface area (Å²) in [4.78, 5) is 12.2. The maximum Gasteiger partial charge on any atom is 0.306 e. The second kappa shape index (κ2) is 26.5. The smallest absolute Gasteiger partial charge is 0.306 e. The first-order valence-corrected chi connectivity index (χ1v) is 17.9. The summed E-state index contributed by atoms with van der Waals surface area (Å²) in [6.07, 6.45) is 10.9. The Morgan fingerprint density at radius 3 is 1.71 bits per heavy atom. The molecule has 0 radical (unpaired) electrons. The quantitative estimate of drug-likeness (QED) is 0.0427. The van der Waals surface area contributed by atoms with E-state index >= 15 is 0 Å². The molecular formula is C37H60O14. The monoisotopic (exact) mass is 728 g/mol. The highest BCUT2D eigenvalue weighted by Crippen LogP contribution is 2.26. The molecule has 51 heavy (non-hydrogen) atoms. The summed E-state index contributed by atoms with van der Waals surface area (Å²) in [7, 11) is 0. The van der Waals surface area contributed by atoms with Gasteiger partial charge in [0, 0.05) is 6.42 Å². The van der Waals surface area contributed by atoms with Gasteiger partial charge in [-0.2, -0.15) is 0 Å². The van der Waals surface area contributed by atoms with Crippen molar-refractivity contribution in [2.24, 2.45) is 0 Å². The first-order chi connectivity index (χ1) is 24.6. The summed E-state index contributed by atoms with van der Waals surface area (Å²) < 4.78 is 33.3. The molecule has 0 aromatic rings. The maximum absolute atomic E-state index is 12.2. The first-order valence-electron chi connectivity index (χ1n) is 17.9. The van der Waals surface area contributed by atoms with E-state index in [1.165, 1.54) is 0 Å². The Morgan fingerprint density at radius 2 is 1.16 bits per heavy atom. The predicted molar refractivity (Wildman–Crippen MR) is 187 cm³/mol. The van der Waals surface area contributed by atoms with Crippen LogP contribution in [0.25, 0.3) is 0 Å². The minimum absolute atomic E-state index is 0.00218. The minimum atomic E-state index is -1.71. The van der Waals surface area contributed by atoms with E-state index in [0.29, 0.717) is 19.4 Å². The van der Waals surface area contributed by atoms with Gasteiger partial charge in [0.1, 0.15) is 54.9 Å². The number of carbonyl (C=O) groups is 1. The molecule has 14 nitrogen and oxygen atoms in total. The van der Waals surface area contributed by atoms with Gasteiger partial charge < -0.3 is 64.2 Å². The van der Waals surface area contributed by atoms with Gasteiger partial charge in [0.05, 0.1) is 33.0 Å². The summed E-state index contributed by atoms with van der Waals surface area (Å²) in [5.41, 5.74) is 0. The van der Waals surface area contributed by atoms with Crippen LogP contribution in [0, 0.1) is 0 Å². The Bertz CT molecular complexity index is 1080. The molecule has 2 heterocycles. The van der Waals surface area contributed by atoms with Crippen LogP contribution in [0.2, 0.25) is 0 Å². The van der Waals surface area contributed by atoms with Crippen molar-refractivity contribution in [2.75, 3.05) is 33.0 Å². The minimum Gasteiger partial charge on any atom is -0.457 e. The van der Waals surface area contributed by atoms with Gasteiger partial charge in [-0.15, -0.1) is 0 Å². The molecule has 2 saturated heterocycles. The number of allylic oxidation sites excluding steroid dienone is 9. The molecule has 0 bridgehead atoms. The van der Waals surface area contributed by atoms with Gasteiger partial charge in [0.2, 0.25) is 0 Å². The average molecular weight is 729 g/mol. The highest BCUT2D eigenvalue weighted by atomic mass is 16.7. The molecule has 0 amide bonds. The van der Waals surface area contributed by atoms with E-state index < -0.39 is 86.7 Å². The van der Waals surface area contributed by atoms with E-state index in [1.54, 1.807) is 0 Å². The van der Waals surface area contributed by atoms with E-state index in [2.05, 4.69) is 55.5 Å². The van der Waals surface area contributed by atoms with Crippen molar-refractivity contribution in [3.05, 3.63) is 60.8 Å². The third-order valence-corrected chi connectivity index (χ3v) is 8.03. The lowest BCUT2D eigenvalue weighted by molar-refractivity contribution is -0.332. The Hall–Kier alpha value is -2.31. The molecule has 11 unspecified atom stereocenters. The van der Waals surface area contributed by atoms with Crippen molar-refractivity contribution >= 4 is 5.97 Å². The average Bonchev–Trinajstić information content (AvgIpc) is 3.12. The van der Waals surface area contributed by atoms with Gasteiger partial charge >= 0.3 is 5.97 Å². The first kappa shape index (κ1) is 44.8. The van der Waals surface area contributed by atoms with Crippen LogP contribution < -0.4 is 0 Å². The molecule has 2 rings (SSSR count). The topological polar surface area (TPSA) is 214 Å². The van der Waals surface area contributed by atoms with Gasteiger partial charge in [-0.3, -0.25) is 4.79 Å². The van der Waals surface area contributed by atoms with Crippen LogP contribution in [0.5, 0.6) is 0 Å². The number of hydrogen-bond acceptors (Lipinski definition) is 14. The number of esters is 1. The number of aliphatic hydroxyl groups excluding tert-OH is 7. The molecule has 2 aliphatic rings. The van der Waals surface area contributed by atoms with E-state index in [4.69, 9.17) is 28.4 Å². The SMILES string of the molecule is CC/C=C\C/C=C\C/C=C\C/C=C\C/C=C\CCOCC(COC1OC(COC2OC(CO)C(O)C(O)C2O)C(O)C(O)C1O)OC(=O)CCC. The molecule has 0 aromatic heterocycles. The van der Waals surface area contributed by atoms with Crippen LogP contribution in [0.4, 0.5) is 0 Å². The Morgan fingerprint density at radius 1 is 0.647 bits per heavy atom. The van der Waals surface area contributed by atoms with E-state index in [-0.39, 0.29) is 19.6 Å². The Balaban J connectivity index is 1.78. The normalized spacial score (nSPS) is 31.2. The van der Waals surface area contributed by atoms with Crippen molar-refractivity contribution in [3.63, 3.8) is 0 Å². The molecule has 14 heteroatoms. The van der Waals surface area contributed by atoms with Crippen molar-refractivity contribution in [2.45, 2.75) is 133 Å². The summed E-state index contributed by atoms with van der Waals surface area (Å²) in [6.45, 7) is 2.89. The van der Waals surface area contributed by atoms with Crippen LogP contribution >= 0.6 is 0 Å². The summed E-state index contributed by atoms with van der Waals surface area (Å²) in [5.74, 6) is -0.459. The fourth-order valence-electron chi connectivity index (χ4n) is 5.09. The van der Waals surface area contributed by atoms with Gasteiger partial charge in [-0.1, -0.05) is 74.6 Å². The third kappa shape index (κ3) is 16.9. The van der Waals surface area contributed by atoms with Gasteiger partial charge in [0.25, 0.3) is 0 Å². The van der Waals surface area contributed by atoms with Crippen LogP contribution in [-0.4, -0.2) is 142 Å². The number of rotatable bonds is 24. The molecule has 0 saturated carbocycles. The number of carbonyl (C=O) groups excluding carboxylic acids is 1. The summed E-state index contributed by atoms with van der Waals surface area (Å²) in [6, 6.07) is 0. The summed E-state index contributed by atoms with van der Waals surface area (Å²) in [5, 5.41) is 71.0. The molecular weight excluding hydrogens is 668 g/mol. The molecule has 0 aromatic carbocycles. The molecule has 11 atom stereocenters. The molecule has 0 aliphatic carbocycles. The lowest BCUT2D eigenvalue weighted by atomic mass is 9.98. The van der Waals surface area contributed by atoms with E-state index in [0.717, 1.165) is 32.1 Å². The van der Waals surface area contributed by atoms with Crippen molar-refractivity contribution < 1.29 is 69.0 Å². The summed E-state index contributed by atoms with van der Waals surface area (Å²) >= 11 is 0. The highest BCUT2D eigenvalue weighted by Gasteiger charge is 2.47. The van der Waals surface area contributed by atoms with Gasteiger partial charge in [0.15, 0.2) is 12.6 Å².